The number of hydrogen-bond donors (Lipinski definition) is 2. The Balaban J connectivity index is 1.65. The Morgan fingerprint density at radius 3 is 2.41 bits per heavy atom. The first kappa shape index (κ1) is 21.7. The van der Waals surface area contributed by atoms with Crippen molar-refractivity contribution in [1.29, 1.82) is 0 Å². The lowest BCUT2D eigenvalue weighted by molar-refractivity contribution is -0.933. The average Bonchev–Trinajstić information content (AvgIpc) is 3.22. The van der Waals surface area contributed by atoms with Gasteiger partial charge in [0.05, 0.1) is 44.2 Å². The van der Waals surface area contributed by atoms with Crippen LogP contribution >= 0.6 is 11.3 Å². The molecule has 1 saturated heterocycles. The van der Waals surface area contributed by atoms with Crippen LogP contribution in [0.5, 0.6) is 5.75 Å². The molecule has 2 aromatic rings. The van der Waals surface area contributed by atoms with Gasteiger partial charge in [-0.2, -0.15) is 0 Å². The van der Waals surface area contributed by atoms with Crippen molar-refractivity contribution in [2.24, 2.45) is 5.92 Å². The number of anilines is 1. The van der Waals surface area contributed by atoms with Crippen molar-refractivity contribution in [2.75, 3.05) is 38.2 Å². The van der Waals surface area contributed by atoms with Crippen molar-refractivity contribution in [3.05, 3.63) is 46.7 Å². The molecule has 5 nitrogen and oxygen atoms in total. The molecular formula is C23H34N3O2S+. The number of thiophene rings is 1. The fourth-order valence-corrected chi connectivity index (χ4v) is 5.18. The summed E-state index contributed by atoms with van der Waals surface area (Å²) in [6, 6.07) is 13.0. The molecule has 158 valence electrons. The molecule has 2 atom stereocenters. The number of rotatable bonds is 8. The number of amides is 1. The van der Waals surface area contributed by atoms with E-state index in [0.29, 0.717) is 18.4 Å². The maximum Gasteiger partial charge on any atom is 0.220 e. The summed E-state index contributed by atoms with van der Waals surface area (Å²) in [5.41, 5.74) is 1.25. The lowest BCUT2D eigenvalue weighted by Gasteiger charge is -2.39. The van der Waals surface area contributed by atoms with Crippen molar-refractivity contribution in [1.82, 2.24) is 5.32 Å². The minimum Gasteiger partial charge on any atom is -0.497 e. The van der Waals surface area contributed by atoms with Crippen molar-refractivity contribution < 1.29 is 14.4 Å². The molecule has 2 N–H and O–H groups in total. The van der Waals surface area contributed by atoms with E-state index in [0.717, 1.165) is 31.9 Å². The lowest BCUT2D eigenvalue weighted by atomic mass is 10.0. The second-order valence-electron chi connectivity index (χ2n) is 8.29. The van der Waals surface area contributed by atoms with Gasteiger partial charge in [-0.25, -0.2) is 0 Å². The molecule has 0 spiro atoms. The average molecular weight is 417 g/mol. The quantitative estimate of drug-likeness (QED) is 0.696. The van der Waals surface area contributed by atoms with Gasteiger partial charge in [0.25, 0.3) is 0 Å². The molecule has 0 bridgehead atoms. The summed E-state index contributed by atoms with van der Waals surface area (Å²) in [7, 11) is 1.70. The van der Waals surface area contributed by atoms with Crippen molar-refractivity contribution >= 4 is 22.9 Å². The standard InChI is InChI=1S/C23H33N3O2S/c1-17(2)16-22(27)24-18(3)23(21-6-5-15-29-21)26-13-11-25(12-14-26)19-7-9-20(28-4)10-8-19/h5-10,15,17-18,23H,11-14,16H2,1-4H3,(H,24,27)/p+1/t18-,23-/m1/s1. The topological polar surface area (TPSA) is 46.0 Å². The fraction of sp³-hybridized carbons (Fsp3) is 0.522. The highest BCUT2D eigenvalue weighted by Crippen LogP contribution is 2.22. The molecule has 0 radical (unpaired) electrons. The summed E-state index contributed by atoms with van der Waals surface area (Å²) in [6.45, 7) is 10.5. The van der Waals surface area contributed by atoms with Crippen LogP contribution in [0.15, 0.2) is 41.8 Å². The molecule has 0 unspecified atom stereocenters. The number of carbonyl (C=O) groups is 1. The second kappa shape index (κ2) is 10.1. The summed E-state index contributed by atoms with van der Waals surface area (Å²) in [4.78, 5) is 17.7. The van der Waals surface area contributed by atoms with Gasteiger partial charge in [-0.3, -0.25) is 4.79 Å². The van der Waals surface area contributed by atoms with Crippen LogP contribution in [-0.4, -0.2) is 45.2 Å². The highest BCUT2D eigenvalue weighted by Gasteiger charge is 2.34. The first-order chi connectivity index (χ1) is 14.0. The van der Waals surface area contributed by atoms with Crippen LogP contribution in [0.25, 0.3) is 0 Å². The summed E-state index contributed by atoms with van der Waals surface area (Å²) < 4.78 is 5.27. The van der Waals surface area contributed by atoms with E-state index in [2.05, 4.69) is 60.6 Å². The van der Waals surface area contributed by atoms with E-state index in [9.17, 15) is 4.79 Å². The molecule has 3 rings (SSSR count). The molecule has 0 saturated carbocycles. The number of carbonyl (C=O) groups excluding carboxylic acids is 1. The van der Waals surface area contributed by atoms with Gasteiger partial charge in [0, 0.05) is 12.1 Å². The Kier molecular flexibility index (Phi) is 7.56. The molecule has 2 heterocycles. The summed E-state index contributed by atoms with van der Waals surface area (Å²) >= 11 is 1.80. The molecule has 0 aliphatic carbocycles. The molecule has 1 amide bonds. The molecule has 1 aliphatic heterocycles. The van der Waals surface area contributed by atoms with Crippen LogP contribution in [0.4, 0.5) is 5.69 Å². The molecule has 1 aliphatic rings. The first-order valence-electron chi connectivity index (χ1n) is 10.5. The summed E-state index contributed by atoms with van der Waals surface area (Å²) in [6.07, 6.45) is 0.585. The Morgan fingerprint density at radius 1 is 1.17 bits per heavy atom. The van der Waals surface area contributed by atoms with E-state index in [1.807, 2.05) is 12.1 Å². The van der Waals surface area contributed by atoms with Crippen LogP contribution in [-0.2, 0) is 4.79 Å². The Labute approximate surface area is 178 Å². The van der Waals surface area contributed by atoms with Crippen LogP contribution in [0.2, 0.25) is 0 Å². The highest BCUT2D eigenvalue weighted by molar-refractivity contribution is 7.10. The summed E-state index contributed by atoms with van der Waals surface area (Å²) in [5.74, 6) is 1.43. The van der Waals surface area contributed by atoms with Gasteiger partial charge < -0.3 is 19.9 Å². The number of quaternary nitrogens is 1. The molecule has 1 aromatic heterocycles. The molecule has 1 aromatic carbocycles. The van der Waals surface area contributed by atoms with Gasteiger partial charge in [-0.1, -0.05) is 19.9 Å². The van der Waals surface area contributed by atoms with Gasteiger partial charge in [0.15, 0.2) is 0 Å². The minimum atomic E-state index is 0.113. The largest absolute Gasteiger partial charge is 0.497 e. The third-order valence-electron chi connectivity index (χ3n) is 5.62. The normalized spacial score (nSPS) is 17.2. The molecule has 29 heavy (non-hydrogen) atoms. The fourth-order valence-electron chi connectivity index (χ4n) is 4.19. The van der Waals surface area contributed by atoms with Gasteiger partial charge in [-0.05, 0) is 48.6 Å². The number of hydrogen-bond acceptors (Lipinski definition) is 4. The van der Waals surface area contributed by atoms with Crippen LogP contribution in [0.3, 0.4) is 0 Å². The van der Waals surface area contributed by atoms with E-state index in [1.165, 1.54) is 10.6 Å². The second-order valence-corrected chi connectivity index (χ2v) is 9.27. The van der Waals surface area contributed by atoms with Gasteiger partial charge in [-0.15, -0.1) is 11.3 Å². The molecular weight excluding hydrogens is 382 g/mol. The third kappa shape index (κ3) is 5.73. The van der Waals surface area contributed by atoms with Gasteiger partial charge in [0.2, 0.25) is 5.91 Å². The lowest BCUT2D eigenvalue weighted by Crippen LogP contribution is -3.16. The maximum absolute atomic E-state index is 12.4. The zero-order valence-electron chi connectivity index (χ0n) is 18.0. The van der Waals surface area contributed by atoms with E-state index in [4.69, 9.17) is 4.74 Å². The monoisotopic (exact) mass is 416 g/mol. The molecule has 1 fully saturated rings. The van der Waals surface area contributed by atoms with Crippen LogP contribution in [0.1, 0.15) is 38.1 Å². The zero-order chi connectivity index (χ0) is 20.8. The van der Waals surface area contributed by atoms with Crippen LogP contribution < -0.4 is 19.9 Å². The molecule has 6 heteroatoms. The highest BCUT2D eigenvalue weighted by atomic mass is 32.1. The van der Waals surface area contributed by atoms with E-state index in [1.54, 1.807) is 23.3 Å². The van der Waals surface area contributed by atoms with E-state index >= 15 is 0 Å². The van der Waals surface area contributed by atoms with E-state index in [-0.39, 0.29) is 11.9 Å². The number of nitrogens with zero attached hydrogens (tertiary/aromatic N) is 1. The summed E-state index contributed by atoms with van der Waals surface area (Å²) in [5, 5.41) is 5.41. The predicted molar refractivity (Wildman–Crippen MR) is 120 cm³/mol. The number of benzene rings is 1. The van der Waals surface area contributed by atoms with Crippen LogP contribution in [0, 0.1) is 5.92 Å². The number of nitrogens with one attached hydrogen (secondary N) is 2. The minimum absolute atomic E-state index is 0.113. The predicted octanol–water partition coefficient (Wildman–Crippen LogP) is 2.75. The van der Waals surface area contributed by atoms with E-state index < -0.39 is 0 Å². The smallest absolute Gasteiger partial charge is 0.220 e. The number of ether oxygens (including phenoxy) is 1. The maximum atomic E-state index is 12.4. The Hall–Kier alpha value is -2.05. The van der Waals surface area contributed by atoms with Crippen molar-refractivity contribution in [3.63, 3.8) is 0 Å². The van der Waals surface area contributed by atoms with Gasteiger partial charge >= 0.3 is 0 Å². The first-order valence-corrected chi connectivity index (χ1v) is 11.4. The number of piperazine rings is 1. The van der Waals surface area contributed by atoms with Gasteiger partial charge in [0.1, 0.15) is 11.8 Å². The van der Waals surface area contributed by atoms with Crippen molar-refractivity contribution in [3.8, 4) is 5.75 Å². The number of methoxy groups -OCH3 is 1. The SMILES string of the molecule is COc1ccc(N2CC[NH+]([C@@H](c3cccs3)[C@@H](C)NC(=O)CC(C)C)CC2)cc1. The Bertz CT molecular complexity index is 753. The Morgan fingerprint density at radius 2 is 1.86 bits per heavy atom. The third-order valence-corrected chi connectivity index (χ3v) is 6.57. The zero-order valence-corrected chi connectivity index (χ0v) is 18.8. The van der Waals surface area contributed by atoms with Crippen molar-refractivity contribution in [2.45, 2.75) is 39.3 Å².